The molecule has 2 rings (SSSR count). The van der Waals surface area contributed by atoms with Gasteiger partial charge in [-0.3, -0.25) is 14.8 Å². The van der Waals surface area contributed by atoms with E-state index < -0.39 is 10.0 Å². The van der Waals surface area contributed by atoms with Gasteiger partial charge in [-0.2, -0.15) is 5.10 Å². The molecule has 0 aromatic carbocycles. The number of anilines is 2. The quantitative estimate of drug-likeness (QED) is 0.494. The molecule has 0 unspecified atom stereocenters. The first-order valence-corrected chi connectivity index (χ1v) is 6.30. The molecule has 0 radical (unpaired) electrons. The second kappa shape index (κ2) is 4.58. The van der Waals surface area contributed by atoms with Crippen molar-refractivity contribution in [3.05, 3.63) is 24.8 Å². The Balaban J connectivity index is 2.24. The normalized spacial score (nSPS) is 11.2. The maximum atomic E-state index is 11.9. The van der Waals surface area contributed by atoms with Gasteiger partial charge in [0.05, 0.1) is 24.3 Å². The third-order valence-electron chi connectivity index (χ3n) is 2.02. The average molecular weight is 269 g/mol. The molecule has 2 aromatic heterocycles. The first kappa shape index (κ1) is 12.3. The van der Waals surface area contributed by atoms with Crippen LogP contribution in [0.1, 0.15) is 0 Å². The van der Waals surface area contributed by atoms with Gasteiger partial charge < -0.3 is 0 Å². The van der Waals surface area contributed by atoms with Gasteiger partial charge in [-0.25, -0.2) is 24.2 Å². The van der Waals surface area contributed by atoms with Gasteiger partial charge >= 0.3 is 0 Å². The van der Waals surface area contributed by atoms with Crippen molar-refractivity contribution in [2.75, 3.05) is 10.1 Å². The van der Waals surface area contributed by atoms with Gasteiger partial charge in [0.2, 0.25) is 5.95 Å². The highest BCUT2D eigenvalue weighted by atomic mass is 32.2. The van der Waals surface area contributed by atoms with E-state index in [1.54, 1.807) is 7.05 Å². The molecule has 0 saturated heterocycles. The lowest BCUT2D eigenvalue weighted by Gasteiger charge is -2.05. The van der Waals surface area contributed by atoms with Crippen molar-refractivity contribution in [3.63, 3.8) is 0 Å². The summed E-state index contributed by atoms with van der Waals surface area (Å²) in [5, 5.41) is 3.85. The maximum absolute atomic E-state index is 11.9. The minimum absolute atomic E-state index is 0.0645. The van der Waals surface area contributed by atoms with Crippen molar-refractivity contribution in [3.8, 4) is 0 Å². The Hall–Kier alpha value is -2.20. The molecule has 2 aromatic rings. The van der Waals surface area contributed by atoms with Crippen molar-refractivity contribution in [1.82, 2.24) is 19.7 Å². The van der Waals surface area contributed by atoms with Crippen LogP contribution < -0.4 is 16.0 Å². The van der Waals surface area contributed by atoms with Gasteiger partial charge in [0.25, 0.3) is 10.0 Å². The Labute approximate surface area is 103 Å². The molecule has 9 nitrogen and oxygen atoms in total. The zero-order chi connectivity index (χ0) is 13.2. The summed E-state index contributed by atoms with van der Waals surface area (Å²) < 4.78 is 27.7. The van der Waals surface area contributed by atoms with Crippen LogP contribution in [0.3, 0.4) is 0 Å². The van der Waals surface area contributed by atoms with Crippen molar-refractivity contribution in [2.45, 2.75) is 4.90 Å². The average Bonchev–Trinajstić information content (AvgIpc) is 2.74. The van der Waals surface area contributed by atoms with Gasteiger partial charge in [0.1, 0.15) is 4.90 Å². The number of nitrogens with one attached hydrogen (secondary N) is 2. The molecule has 0 spiro atoms. The van der Waals surface area contributed by atoms with Crippen molar-refractivity contribution >= 4 is 21.7 Å². The molecule has 0 atom stereocenters. The third kappa shape index (κ3) is 2.55. The fraction of sp³-hybridized carbons (Fsp3) is 0.125. The van der Waals surface area contributed by atoms with Gasteiger partial charge in [-0.15, -0.1) is 0 Å². The summed E-state index contributed by atoms with van der Waals surface area (Å²) in [7, 11) is -2.04. The zero-order valence-corrected chi connectivity index (χ0v) is 10.2. The van der Waals surface area contributed by atoms with Crippen LogP contribution in [0.2, 0.25) is 0 Å². The summed E-state index contributed by atoms with van der Waals surface area (Å²) in [4.78, 5) is 7.38. The van der Waals surface area contributed by atoms with Crippen LogP contribution in [0, 0.1) is 0 Å². The predicted molar refractivity (Wildman–Crippen MR) is 63.9 cm³/mol. The van der Waals surface area contributed by atoms with Crippen LogP contribution >= 0.6 is 0 Å². The molecule has 0 aliphatic heterocycles. The molecule has 18 heavy (non-hydrogen) atoms. The molecule has 96 valence electrons. The summed E-state index contributed by atoms with van der Waals surface area (Å²) in [6.45, 7) is 0. The number of aryl methyl sites for hydroxylation is 1. The summed E-state index contributed by atoms with van der Waals surface area (Å²) in [6, 6.07) is 0. The Kier molecular flexibility index (Phi) is 3.12. The number of nitrogens with two attached hydrogens (primary N) is 1. The highest BCUT2D eigenvalue weighted by Gasteiger charge is 2.16. The lowest BCUT2D eigenvalue weighted by Crippen LogP contribution is -2.15. The second-order valence-corrected chi connectivity index (χ2v) is 5.08. The van der Waals surface area contributed by atoms with Gasteiger partial charge in [0, 0.05) is 13.2 Å². The van der Waals surface area contributed by atoms with E-state index in [9.17, 15) is 8.42 Å². The zero-order valence-electron chi connectivity index (χ0n) is 9.40. The largest absolute Gasteiger partial charge is 0.292 e. The number of hydrazine groups is 1. The second-order valence-electron chi connectivity index (χ2n) is 3.39. The topological polar surface area (TPSA) is 128 Å². The molecule has 10 heteroatoms. The predicted octanol–water partition coefficient (Wildman–Crippen LogP) is -0.703. The standard InChI is InChI=1S/C8H11N7O2S/c1-15-5-6(2-12-15)14-18(16,17)7-3-10-8(13-9)11-4-7/h2-5,14H,9H2,1H3,(H,10,11,13). The number of nitrogens with zero attached hydrogens (tertiary/aromatic N) is 4. The minimum Gasteiger partial charge on any atom is -0.292 e. The third-order valence-corrected chi connectivity index (χ3v) is 3.36. The monoisotopic (exact) mass is 269 g/mol. The molecular weight excluding hydrogens is 258 g/mol. The molecule has 4 N–H and O–H groups in total. The fourth-order valence-corrected chi connectivity index (χ4v) is 2.13. The number of hydrogen-bond acceptors (Lipinski definition) is 7. The Bertz CT molecular complexity index is 634. The number of rotatable bonds is 4. The van der Waals surface area contributed by atoms with Gasteiger partial charge in [-0.05, 0) is 0 Å². The molecule has 0 aliphatic carbocycles. The van der Waals surface area contributed by atoms with Crippen LogP contribution in [0.4, 0.5) is 11.6 Å². The van der Waals surface area contributed by atoms with E-state index in [2.05, 4.69) is 25.2 Å². The molecule has 0 aliphatic rings. The SMILES string of the molecule is Cn1cc(NS(=O)(=O)c2cnc(NN)nc2)cn1. The van der Waals surface area contributed by atoms with Crippen molar-refractivity contribution < 1.29 is 8.42 Å². The van der Waals surface area contributed by atoms with Crippen LogP contribution in [0.25, 0.3) is 0 Å². The molecule has 2 heterocycles. The number of aromatic nitrogens is 4. The van der Waals surface area contributed by atoms with Crippen molar-refractivity contribution in [1.29, 1.82) is 0 Å². The van der Waals surface area contributed by atoms with E-state index >= 15 is 0 Å². The Morgan fingerprint density at radius 1 is 1.28 bits per heavy atom. The first-order chi connectivity index (χ1) is 8.51. The van der Waals surface area contributed by atoms with Gasteiger partial charge in [0.15, 0.2) is 0 Å². The smallest absolute Gasteiger partial charge is 0.265 e. The van der Waals surface area contributed by atoms with E-state index in [0.717, 1.165) is 12.4 Å². The van der Waals surface area contributed by atoms with E-state index in [1.807, 2.05) is 0 Å². The lowest BCUT2D eigenvalue weighted by atomic mass is 10.6. The molecular formula is C8H11N7O2S. The number of nitrogen functional groups attached to an aromatic ring is 1. The summed E-state index contributed by atoms with van der Waals surface area (Å²) in [5.41, 5.74) is 2.57. The van der Waals surface area contributed by atoms with E-state index in [0.29, 0.717) is 5.69 Å². The van der Waals surface area contributed by atoms with E-state index in [4.69, 9.17) is 5.84 Å². The van der Waals surface area contributed by atoms with Crippen LogP contribution in [0.5, 0.6) is 0 Å². The number of hydrogen-bond donors (Lipinski definition) is 3. The maximum Gasteiger partial charge on any atom is 0.265 e. The van der Waals surface area contributed by atoms with Crippen molar-refractivity contribution in [2.24, 2.45) is 12.9 Å². The minimum atomic E-state index is -3.72. The highest BCUT2D eigenvalue weighted by Crippen LogP contribution is 2.13. The lowest BCUT2D eigenvalue weighted by molar-refractivity contribution is 0.600. The first-order valence-electron chi connectivity index (χ1n) is 4.81. The van der Waals surface area contributed by atoms with E-state index in [1.165, 1.54) is 17.1 Å². The summed E-state index contributed by atoms with van der Waals surface area (Å²) in [6.07, 6.45) is 5.24. The Morgan fingerprint density at radius 3 is 2.44 bits per heavy atom. The summed E-state index contributed by atoms with van der Waals surface area (Å²) in [5.74, 6) is 5.22. The molecule has 0 amide bonds. The Morgan fingerprint density at radius 2 is 1.94 bits per heavy atom. The number of sulfonamides is 1. The summed E-state index contributed by atoms with van der Waals surface area (Å²) >= 11 is 0. The van der Waals surface area contributed by atoms with Gasteiger partial charge in [-0.1, -0.05) is 0 Å². The van der Waals surface area contributed by atoms with Crippen LogP contribution in [-0.4, -0.2) is 28.2 Å². The highest BCUT2D eigenvalue weighted by molar-refractivity contribution is 7.92. The molecule has 0 bridgehead atoms. The molecule has 0 saturated carbocycles. The van der Waals surface area contributed by atoms with Crippen LogP contribution in [-0.2, 0) is 17.1 Å². The van der Waals surface area contributed by atoms with E-state index in [-0.39, 0.29) is 10.8 Å². The van der Waals surface area contributed by atoms with Crippen LogP contribution in [0.15, 0.2) is 29.7 Å². The fourth-order valence-electron chi connectivity index (χ4n) is 1.22. The molecule has 0 fully saturated rings.